The van der Waals surface area contributed by atoms with Crippen LogP contribution >= 0.6 is 0 Å². The fourth-order valence-electron chi connectivity index (χ4n) is 1.90. The Labute approximate surface area is 85.1 Å². The van der Waals surface area contributed by atoms with Crippen LogP contribution < -0.4 is 5.73 Å². The smallest absolute Gasteiger partial charge is 0.323 e. The van der Waals surface area contributed by atoms with E-state index in [0.29, 0.717) is 5.69 Å². The Morgan fingerprint density at radius 2 is 2.27 bits per heavy atom. The topological polar surface area (TPSA) is 43.8 Å². The molecule has 1 heterocycles. The third-order valence-corrected chi connectivity index (χ3v) is 2.52. The highest BCUT2D eigenvalue weighted by Crippen LogP contribution is 2.27. The molecule has 1 aliphatic rings. The van der Waals surface area contributed by atoms with Crippen LogP contribution in [0.2, 0.25) is 0 Å². The van der Waals surface area contributed by atoms with Gasteiger partial charge in [0, 0.05) is 12.2 Å². The molecule has 0 radical (unpaired) electrons. The second-order valence-corrected chi connectivity index (χ2v) is 3.85. The zero-order chi connectivity index (χ0) is 11.1. The van der Waals surface area contributed by atoms with Crippen molar-refractivity contribution in [3.8, 4) is 0 Å². The van der Waals surface area contributed by atoms with Gasteiger partial charge in [-0.15, -0.1) is 0 Å². The molecule has 2 N–H and O–H groups in total. The summed E-state index contributed by atoms with van der Waals surface area (Å²) in [6.45, 7) is -1.03. The molecule has 0 saturated heterocycles. The van der Waals surface area contributed by atoms with Crippen LogP contribution in [0.15, 0.2) is 6.20 Å². The monoisotopic (exact) mass is 219 g/mol. The summed E-state index contributed by atoms with van der Waals surface area (Å²) >= 11 is 0. The molecule has 0 aliphatic heterocycles. The first-order chi connectivity index (χ1) is 6.96. The van der Waals surface area contributed by atoms with Gasteiger partial charge in [0.1, 0.15) is 6.54 Å². The molecule has 1 unspecified atom stereocenters. The highest BCUT2D eigenvalue weighted by atomic mass is 19.4. The molecule has 0 amide bonds. The Kier molecular flexibility index (Phi) is 2.46. The first-order valence-electron chi connectivity index (χ1n) is 4.84. The highest BCUT2D eigenvalue weighted by molar-refractivity contribution is 5.23. The Balaban J connectivity index is 2.22. The summed E-state index contributed by atoms with van der Waals surface area (Å²) in [7, 11) is 0. The summed E-state index contributed by atoms with van der Waals surface area (Å²) in [6, 6.07) is -0.205. The second kappa shape index (κ2) is 3.52. The summed E-state index contributed by atoms with van der Waals surface area (Å²) in [4.78, 5) is 0. The molecule has 1 aromatic heterocycles. The van der Waals surface area contributed by atoms with Crippen LogP contribution in [0.25, 0.3) is 0 Å². The Morgan fingerprint density at radius 1 is 1.53 bits per heavy atom. The van der Waals surface area contributed by atoms with Crippen LogP contribution in [0, 0.1) is 0 Å². The fraction of sp³-hybridized carbons (Fsp3) is 0.667. The van der Waals surface area contributed by atoms with Gasteiger partial charge in [0.15, 0.2) is 0 Å². The molecule has 84 valence electrons. The maximum Gasteiger partial charge on any atom is 0.408 e. The molecule has 15 heavy (non-hydrogen) atoms. The lowest BCUT2D eigenvalue weighted by Gasteiger charge is -2.15. The number of rotatable bonds is 1. The fourth-order valence-corrected chi connectivity index (χ4v) is 1.90. The highest BCUT2D eigenvalue weighted by Gasteiger charge is 2.30. The summed E-state index contributed by atoms with van der Waals surface area (Å²) in [5.41, 5.74) is 7.26. The van der Waals surface area contributed by atoms with E-state index in [1.165, 1.54) is 6.20 Å². The van der Waals surface area contributed by atoms with Gasteiger partial charge in [0.2, 0.25) is 0 Å². The van der Waals surface area contributed by atoms with Crippen LogP contribution in [0.4, 0.5) is 13.2 Å². The second-order valence-electron chi connectivity index (χ2n) is 3.85. The van der Waals surface area contributed by atoms with Crippen LogP contribution in [-0.2, 0) is 13.0 Å². The van der Waals surface area contributed by atoms with E-state index in [1.807, 2.05) is 0 Å². The number of nitrogens with two attached hydrogens (primary N) is 1. The molecule has 1 aromatic rings. The quantitative estimate of drug-likeness (QED) is 0.782. The predicted molar refractivity (Wildman–Crippen MR) is 48.1 cm³/mol. The normalized spacial score (nSPS) is 21.5. The van der Waals surface area contributed by atoms with Gasteiger partial charge in [-0.3, -0.25) is 4.68 Å². The van der Waals surface area contributed by atoms with Crippen LogP contribution in [0.5, 0.6) is 0 Å². The van der Waals surface area contributed by atoms with Crippen molar-refractivity contribution in [3.05, 3.63) is 17.5 Å². The van der Waals surface area contributed by atoms with Crippen LogP contribution in [0.3, 0.4) is 0 Å². The van der Waals surface area contributed by atoms with Crippen molar-refractivity contribution < 1.29 is 13.2 Å². The summed E-state index contributed by atoms with van der Waals surface area (Å²) in [6.07, 6.45) is -0.261. The summed E-state index contributed by atoms with van der Waals surface area (Å²) in [5, 5.41) is 3.89. The lowest BCUT2D eigenvalue weighted by molar-refractivity contribution is -0.142. The Morgan fingerprint density at radius 3 is 2.87 bits per heavy atom. The number of hydrogen-bond acceptors (Lipinski definition) is 2. The van der Waals surface area contributed by atoms with E-state index in [-0.39, 0.29) is 6.04 Å². The van der Waals surface area contributed by atoms with E-state index in [0.717, 1.165) is 29.5 Å². The largest absolute Gasteiger partial charge is 0.408 e. The predicted octanol–water partition coefficient (Wildman–Crippen LogP) is 1.78. The standard InChI is InChI=1S/C9H12F3N3/c10-9(11,12)5-15-4-6-2-1-3-7(13)8(6)14-15/h4,7H,1-3,5,13H2. The minimum absolute atomic E-state index is 0.205. The summed E-state index contributed by atoms with van der Waals surface area (Å²) < 4.78 is 37.3. The van der Waals surface area contributed by atoms with Gasteiger partial charge < -0.3 is 5.73 Å². The number of fused-ring (bicyclic) bond motifs is 1. The first-order valence-corrected chi connectivity index (χ1v) is 4.84. The van der Waals surface area contributed by atoms with Gasteiger partial charge in [-0.25, -0.2) is 0 Å². The summed E-state index contributed by atoms with van der Waals surface area (Å²) in [5.74, 6) is 0. The van der Waals surface area contributed by atoms with Gasteiger partial charge in [-0.05, 0) is 24.8 Å². The number of nitrogens with zero attached hydrogens (tertiary/aromatic N) is 2. The molecule has 0 bridgehead atoms. The maximum atomic E-state index is 12.1. The van der Waals surface area contributed by atoms with E-state index >= 15 is 0 Å². The van der Waals surface area contributed by atoms with Gasteiger partial charge >= 0.3 is 6.18 Å². The van der Waals surface area contributed by atoms with Gasteiger partial charge in [-0.1, -0.05) is 0 Å². The average molecular weight is 219 g/mol. The van der Waals surface area contributed by atoms with Crippen molar-refractivity contribution >= 4 is 0 Å². The minimum Gasteiger partial charge on any atom is -0.323 e. The van der Waals surface area contributed by atoms with E-state index in [4.69, 9.17) is 5.73 Å². The van der Waals surface area contributed by atoms with Crippen molar-refractivity contribution in [1.29, 1.82) is 0 Å². The number of halogens is 3. The van der Waals surface area contributed by atoms with E-state index in [9.17, 15) is 13.2 Å². The SMILES string of the molecule is NC1CCCc2cn(CC(F)(F)F)nc21. The number of aryl methyl sites for hydroxylation is 1. The lowest BCUT2D eigenvalue weighted by Crippen LogP contribution is -2.19. The molecule has 6 heteroatoms. The third kappa shape index (κ3) is 2.31. The molecular formula is C9H12F3N3. The molecule has 0 saturated carbocycles. The van der Waals surface area contributed by atoms with Crippen LogP contribution in [0.1, 0.15) is 30.1 Å². The van der Waals surface area contributed by atoms with Crippen molar-refractivity contribution in [2.24, 2.45) is 5.73 Å². The van der Waals surface area contributed by atoms with E-state index < -0.39 is 12.7 Å². The molecule has 2 rings (SSSR count). The zero-order valence-corrected chi connectivity index (χ0v) is 8.09. The van der Waals surface area contributed by atoms with E-state index in [2.05, 4.69) is 5.10 Å². The lowest BCUT2D eigenvalue weighted by atomic mass is 9.95. The molecule has 0 spiro atoms. The third-order valence-electron chi connectivity index (χ3n) is 2.52. The Hall–Kier alpha value is -1.04. The molecule has 0 aromatic carbocycles. The number of hydrogen-bond donors (Lipinski definition) is 1. The van der Waals surface area contributed by atoms with Crippen molar-refractivity contribution in [2.75, 3.05) is 0 Å². The average Bonchev–Trinajstić information content (AvgIpc) is 2.45. The van der Waals surface area contributed by atoms with Crippen molar-refractivity contribution in [3.63, 3.8) is 0 Å². The molecule has 3 nitrogen and oxygen atoms in total. The molecule has 0 fully saturated rings. The molecule has 1 aliphatic carbocycles. The zero-order valence-electron chi connectivity index (χ0n) is 8.09. The number of alkyl halides is 3. The molecular weight excluding hydrogens is 207 g/mol. The number of aromatic nitrogens is 2. The molecule has 1 atom stereocenters. The van der Waals surface area contributed by atoms with Crippen molar-refractivity contribution in [1.82, 2.24) is 9.78 Å². The van der Waals surface area contributed by atoms with Crippen molar-refractivity contribution in [2.45, 2.75) is 38.0 Å². The minimum atomic E-state index is -4.22. The maximum absolute atomic E-state index is 12.1. The van der Waals surface area contributed by atoms with Gasteiger partial charge in [0.25, 0.3) is 0 Å². The van der Waals surface area contributed by atoms with Crippen LogP contribution in [-0.4, -0.2) is 16.0 Å². The van der Waals surface area contributed by atoms with E-state index in [1.54, 1.807) is 0 Å². The van der Waals surface area contributed by atoms with Gasteiger partial charge in [-0.2, -0.15) is 18.3 Å². The first kappa shape index (κ1) is 10.5. The Bertz CT molecular complexity index is 356. The van der Waals surface area contributed by atoms with Gasteiger partial charge in [0.05, 0.1) is 5.69 Å².